The molecule has 0 unspecified atom stereocenters. The minimum atomic E-state index is -3.28. The van der Waals surface area contributed by atoms with Gasteiger partial charge in [0.15, 0.2) is 0 Å². The fourth-order valence-corrected chi connectivity index (χ4v) is 0.959. The third kappa shape index (κ3) is 2.07. The van der Waals surface area contributed by atoms with Gasteiger partial charge in [-0.1, -0.05) is 0 Å². The van der Waals surface area contributed by atoms with Crippen molar-refractivity contribution >= 4 is 11.8 Å². The molecule has 9 heteroatoms. The van der Waals surface area contributed by atoms with Crippen LogP contribution in [0.15, 0.2) is 6.07 Å². The number of aromatic nitrogens is 1. The molecule has 1 heterocycles. The van der Waals surface area contributed by atoms with E-state index in [2.05, 4.69) is 4.98 Å². The maximum absolute atomic E-state index is 12.9. The van der Waals surface area contributed by atoms with Crippen molar-refractivity contribution in [2.75, 3.05) is 0 Å². The standard InChI is InChI=1S/C7H3F3N2O4/c8-3-1-2(5(9)10)4(7(13)14)11-6(3)12(15)16/h1,5H,(H,13,14). The number of carbonyl (C=O) groups is 1. The molecule has 0 aliphatic heterocycles. The molecule has 16 heavy (non-hydrogen) atoms. The van der Waals surface area contributed by atoms with Crippen LogP contribution in [0.1, 0.15) is 22.5 Å². The number of alkyl halides is 2. The molecule has 0 atom stereocenters. The molecular formula is C7H3F3N2O4. The van der Waals surface area contributed by atoms with Gasteiger partial charge >= 0.3 is 11.8 Å². The van der Waals surface area contributed by atoms with E-state index >= 15 is 0 Å². The van der Waals surface area contributed by atoms with Gasteiger partial charge in [0.05, 0.1) is 5.56 Å². The second-order valence-electron chi connectivity index (χ2n) is 2.59. The second-order valence-corrected chi connectivity index (χ2v) is 2.59. The highest BCUT2D eigenvalue weighted by molar-refractivity contribution is 5.87. The largest absolute Gasteiger partial charge is 0.475 e. The summed E-state index contributed by atoms with van der Waals surface area (Å²) < 4.78 is 37.4. The summed E-state index contributed by atoms with van der Waals surface area (Å²) >= 11 is 0. The fourth-order valence-electron chi connectivity index (χ4n) is 0.959. The number of hydrogen-bond donors (Lipinski definition) is 1. The van der Waals surface area contributed by atoms with Crippen molar-refractivity contribution in [2.24, 2.45) is 0 Å². The monoisotopic (exact) mass is 236 g/mol. The molecule has 0 saturated carbocycles. The van der Waals surface area contributed by atoms with Crippen LogP contribution in [0.4, 0.5) is 19.0 Å². The molecule has 0 spiro atoms. The normalized spacial score (nSPS) is 10.5. The molecule has 0 amide bonds. The SMILES string of the molecule is O=C(O)c1nc([N+](=O)[O-])c(F)cc1C(F)F. The highest BCUT2D eigenvalue weighted by atomic mass is 19.3. The summed E-state index contributed by atoms with van der Waals surface area (Å²) in [6.45, 7) is 0. The summed E-state index contributed by atoms with van der Waals surface area (Å²) in [7, 11) is 0. The number of pyridine rings is 1. The van der Waals surface area contributed by atoms with Gasteiger partial charge < -0.3 is 15.2 Å². The lowest BCUT2D eigenvalue weighted by atomic mass is 10.2. The molecule has 0 fully saturated rings. The molecule has 0 aliphatic carbocycles. The number of rotatable bonds is 3. The first kappa shape index (κ1) is 11.9. The Kier molecular flexibility index (Phi) is 3.06. The Labute approximate surface area is 85.5 Å². The Morgan fingerprint density at radius 1 is 1.56 bits per heavy atom. The first-order chi connectivity index (χ1) is 7.34. The molecular weight excluding hydrogens is 233 g/mol. The van der Waals surface area contributed by atoms with Gasteiger partial charge in [-0.05, 0) is 16.0 Å². The Hall–Kier alpha value is -2.19. The number of nitrogens with zero attached hydrogens (tertiary/aromatic N) is 2. The van der Waals surface area contributed by atoms with Gasteiger partial charge in [-0.3, -0.25) is 0 Å². The summed E-state index contributed by atoms with van der Waals surface area (Å²) in [5, 5.41) is 18.7. The number of nitro groups is 1. The van der Waals surface area contributed by atoms with Crippen LogP contribution >= 0.6 is 0 Å². The van der Waals surface area contributed by atoms with E-state index in [1.807, 2.05) is 0 Å². The zero-order valence-electron chi connectivity index (χ0n) is 7.35. The lowest BCUT2D eigenvalue weighted by Gasteiger charge is -2.01. The van der Waals surface area contributed by atoms with Crippen LogP contribution in [0.3, 0.4) is 0 Å². The first-order valence-corrected chi connectivity index (χ1v) is 3.71. The zero-order valence-corrected chi connectivity index (χ0v) is 7.35. The van der Waals surface area contributed by atoms with Crippen molar-refractivity contribution in [2.45, 2.75) is 6.43 Å². The second kappa shape index (κ2) is 4.13. The summed E-state index contributed by atoms with van der Waals surface area (Å²) in [6.07, 6.45) is -3.28. The quantitative estimate of drug-likeness (QED) is 0.637. The van der Waals surface area contributed by atoms with Gasteiger partial charge in [0.1, 0.15) is 0 Å². The zero-order chi connectivity index (χ0) is 12.5. The molecule has 1 aromatic heterocycles. The van der Waals surface area contributed by atoms with Crippen LogP contribution in [0.5, 0.6) is 0 Å². The van der Waals surface area contributed by atoms with Crippen molar-refractivity contribution in [1.82, 2.24) is 4.98 Å². The summed E-state index contributed by atoms with van der Waals surface area (Å²) in [5.41, 5.74) is -2.43. The topological polar surface area (TPSA) is 93.3 Å². The van der Waals surface area contributed by atoms with E-state index in [4.69, 9.17) is 5.11 Å². The third-order valence-corrected chi connectivity index (χ3v) is 1.60. The number of hydrogen-bond acceptors (Lipinski definition) is 4. The van der Waals surface area contributed by atoms with E-state index in [-0.39, 0.29) is 6.07 Å². The van der Waals surface area contributed by atoms with Crippen LogP contribution in [0.25, 0.3) is 0 Å². The van der Waals surface area contributed by atoms with Crippen LogP contribution in [-0.4, -0.2) is 21.0 Å². The molecule has 86 valence electrons. The Morgan fingerprint density at radius 2 is 2.12 bits per heavy atom. The van der Waals surface area contributed by atoms with Crippen LogP contribution in [-0.2, 0) is 0 Å². The molecule has 0 radical (unpaired) electrons. The van der Waals surface area contributed by atoms with Crippen LogP contribution < -0.4 is 0 Å². The predicted molar refractivity (Wildman–Crippen MR) is 42.8 cm³/mol. The fraction of sp³-hybridized carbons (Fsp3) is 0.143. The number of carboxylic acid groups (broad SMARTS) is 1. The molecule has 0 aliphatic rings. The molecule has 1 N–H and O–H groups in total. The van der Waals surface area contributed by atoms with Gasteiger partial charge in [-0.2, -0.15) is 4.39 Å². The minimum Gasteiger partial charge on any atom is -0.475 e. The van der Waals surface area contributed by atoms with Gasteiger partial charge in [0.2, 0.25) is 5.82 Å². The maximum atomic E-state index is 12.9. The van der Waals surface area contributed by atoms with Gasteiger partial charge in [0.25, 0.3) is 12.1 Å². The molecule has 0 saturated heterocycles. The summed E-state index contributed by atoms with van der Waals surface area (Å²) in [4.78, 5) is 22.1. The predicted octanol–water partition coefficient (Wildman–Crippen LogP) is 1.76. The van der Waals surface area contributed by atoms with E-state index in [0.717, 1.165) is 0 Å². The highest BCUT2D eigenvalue weighted by Crippen LogP contribution is 2.26. The van der Waals surface area contributed by atoms with Gasteiger partial charge in [-0.15, -0.1) is 0 Å². The van der Waals surface area contributed by atoms with E-state index in [1.54, 1.807) is 0 Å². The number of carboxylic acids is 1. The minimum absolute atomic E-state index is 0.0965. The lowest BCUT2D eigenvalue weighted by molar-refractivity contribution is -0.392. The van der Waals surface area contributed by atoms with Crippen molar-refractivity contribution < 1.29 is 28.0 Å². The lowest BCUT2D eigenvalue weighted by Crippen LogP contribution is -2.10. The number of halogens is 3. The summed E-state index contributed by atoms with van der Waals surface area (Å²) in [6, 6.07) is 0.0965. The van der Waals surface area contributed by atoms with Crippen LogP contribution in [0.2, 0.25) is 0 Å². The average molecular weight is 236 g/mol. The molecule has 1 rings (SSSR count). The van der Waals surface area contributed by atoms with Crippen molar-refractivity contribution in [3.05, 3.63) is 33.3 Å². The van der Waals surface area contributed by atoms with E-state index in [1.165, 1.54) is 0 Å². The van der Waals surface area contributed by atoms with Gasteiger partial charge in [-0.25, -0.2) is 13.6 Å². The van der Waals surface area contributed by atoms with Crippen molar-refractivity contribution in [1.29, 1.82) is 0 Å². The Bertz CT molecular complexity index is 463. The Balaban J connectivity index is 3.49. The summed E-state index contributed by atoms with van der Waals surface area (Å²) in [5.74, 6) is -4.90. The molecule has 0 bridgehead atoms. The number of aromatic carboxylic acids is 1. The van der Waals surface area contributed by atoms with Gasteiger partial charge in [0, 0.05) is 0 Å². The first-order valence-electron chi connectivity index (χ1n) is 3.71. The smallest absolute Gasteiger partial charge is 0.400 e. The molecule has 6 nitrogen and oxygen atoms in total. The average Bonchev–Trinajstić information content (AvgIpc) is 2.15. The molecule has 1 aromatic rings. The Morgan fingerprint density at radius 3 is 2.50 bits per heavy atom. The maximum Gasteiger partial charge on any atom is 0.400 e. The van der Waals surface area contributed by atoms with Crippen molar-refractivity contribution in [3.63, 3.8) is 0 Å². The van der Waals surface area contributed by atoms with E-state index < -0.39 is 40.2 Å². The van der Waals surface area contributed by atoms with E-state index in [9.17, 15) is 28.1 Å². The molecule has 0 aromatic carbocycles. The van der Waals surface area contributed by atoms with Crippen LogP contribution in [0, 0.1) is 15.9 Å². The van der Waals surface area contributed by atoms with E-state index in [0.29, 0.717) is 0 Å². The third-order valence-electron chi connectivity index (χ3n) is 1.60. The van der Waals surface area contributed by atoms with Crippen molar-refractivity contribution in [3.8, 4) is 0 Å². The highest BCUT2D eigenvalue weighted by Gasteiger charge is 2.30.